The first kappa shape index (κ1) is 9.44. The minimum atomic E-state index is 0.0702. The van der Waals surface area contributed by atoms with Gasteiger partial charge in [-0.2, -0.15) is 0 Å². The smallest absolute Gasteiger partial charge is 0.0850 e. The SMILES string of the molecule is C=Cc1ccc(CC2CO2)cc1CO. The molecule has 14 heavy (non-hydrogen) atoms. The van der Waals surface area contributed by atoms with E-state index in [1.54, 1.807) is 6.08 Å². The maximum absolute atomic E-state index is 9.14. The molecule has 0 saturated carbocycles. The molecule has 1 saturated heterocycles. The lowest BCUT2D eigenvalue weighted by molar-refractivity contribution is 0.281. The highest BCUT2D eigenvalue weighted by Gasteiger charge is 2.22. The maximum Gasteiger partial charge on any atom is 0.0850 e. The summed E-state index contributed by atoms with van der Waals surface area (Å²) >= 11 is 0. The van der Waals surface area contributed by atoms with E-state index in [1.807, 2.05) is 12.1 Å². The number of epoxide rings is 1. The number of hydrogen-bond acceptors (Lipinski definition) is 2. The normalized spacial score (nSPS) is 19.4. The van der Waals surface area contributed by atoms with Gasteiger partial charge in [-0.15, -0.1) is 0 Å². The molecular weight excluding hydrogens is 176 g/mol. The minimum Gasteiger partial charge on any atom is -0.392 e. The summed E-state index contributed by atoms with van der Waals surface area (Å²) in [5, 5.41) is 9.14. The Kier molecular flexibility index (Phi) is 2.66. The summed E-state index contributed by atoms with van der Waals surface area (Å²) in [5.74, 6) is 0. The van der Waals surface area contributed by atoms with Crippen molar-refractivity contribution < 1.29 is 9.84 Å². The third kappa shape index (κ3) is 2.03. The molecule has 2 rings (SSSR count). The zero-order chi connectivity index (χ0) is 9.97. The number of ether oxygens (including phenoxy) is 1. The van der Waals surface area contributed by atoms with Crippen LogP contribution < -0.4 is 0 Å². The van der Waals surface area contributed by atoms with E-state index < -0.39 is 0 Å². The molecule has 0 spiro atoms. The third-order valence-electron chi connectivity index (χ3n) is 2.46. The highest BCUT2D eigenvalue weighted by Crippen LogP contribution is 2.19. The highest BCUT2D eigenvalue weighted by molar-refractivity contribution is 5.52. The van der Waals surface area contributed by atoms with Gasteiger partial charge in [-0.1, -0.05) is 30.9 Å². The number of rotatable bonds is 4. The van der Waals surface area contributed by atoms with Gasteiger partial charge in [-0.25, -0.2) is 0 Å². The van der Waals surface area contributed by atoms with E-state index >= 15 is 0 Å². The molecule has 0 bridgehead atoms. The van der Waals surface area contributed by atoms with Crippen molar-refractivity contribution in [3.05, 3.63) is 41.5 Å². The van der Waals surface area contributed by atoms with E-state index in [-0.39, 0.29) is 6.61 Å². The largest absolute Gasteiger partial charge is 0.392 e. The Morgan fingerprint density at radius 3 is 2.93 bits per heavy atom. The lowest BCUT2D eigenvalue weighted by Gasteiger charge is -2.05. The molecule has 0 amide bonds. The summed E-state index contributed by atoms with van der Waals surface area (Å²) in [7, 11) is 0. The van der Waals surface area contributed by atoms with Crippen molar-refractivity contribution in [3.63, 3.8) is 0 Å². The lowest BCUT2D eigenvalue weighted by Crippen LogP contribution is -1.96. The van der Waals surface area contributed by atoms with E-state index in [0.29, 0.717) is 6.10 Å². The number of aliphatic hydroxyl groups is 1. The summed E-state index contributed by atoms with van der Waals surface area (Å²) < 4.78 is 5.16. The first-order chi connectivity index (χ1) is 6.83. The molecule has 1 aliphatic rings. The molecule has 2 heteroatoms. The van der Waals surface area contributed by atoms with E-state index in [0.717, 1.165) is 24.2 Å². The van der Waals surface area contributed by atoms with Crippen molar-refractivity contribution in [2.24, 2.45) is 0 Å². The second-order valence-electron chi connectivity index (χ2n) is 3.55. The Hall–Kier alpha value is -1.12. The Bertz CT molecular complexity index is 340. The Morgan fingerprint density at radius 2 is 2.36 bits per heavy atom. The van der Waals surface area contributed by atoms with Crippen LogP contribution in [0.5, 0.6) is 0 Å². The van der Waals surface area contributed by atoms with Gasteiger partial charge in [0.05, 0.1) is 19.3 Å². The van der Waals surface area contributed by atoms with Gasteiger partial charge in [0.2, 0.25) is 0 Å². The lowest BCUT2D eigenvalue weighted by atomic mass is 10.0. The molecule has 1 aliphatic heterocycles. The molecule has 1 unspecified atom stereocenters. The summed E-state index contributed by atoms with van der Waals surface area (Å²) in [5.41, 5.74) is 3.17. The van der Waals surface area contributed by atoms with E-state index in [9.17, 15) is 0 Å². The molecule has 1 heterocycles. The number of hydrogen-bond donors (Lipinski definition) is 1. The van der Waals surface area contributed by atoms with Crippen LogP contribution in [0.1, 0.15) is 16.7 Å². The van der Waals surface area contributed by atoms with Crippen molar-refractivity contribution in [2.75, 3.05) is 6.61 Å². The van der Waals surface area contributed by atoms with Gasteiger partial charge >= 0.3 is 0 Å². The average Bonchev–Trinajstić information content (AvgIpc) is 3.01. The molecular formula is C12H14O2. The van der Waals surface area contributed by atoms with Gasteiger partial charge < -0.3 is 9.84 Å². The number of aliphatic hydroxyl groups excluding tert-OH is 1. The molecule has 74 valence electrons. The van der Waals surface area contributed by atoms with E-state index in [1.165, 1.54) is 5.56 Å². The van der Waals surface area contributed by atoms with Crippen LogP contribution in [0.3, 0.4) is 0 Å². The van der Waals surface area contributed by atoms with Crippen LogP contribution in [0.25, 0.3) is 6.08 Å². The summed E-state index contributed by atoms with van der Waals surface area (Å²) in [6.45, 7) is 4.65. The van der Waals surface area contributed by atoms with Crippen LogP contribution >= 0.6 is 0 Å². The first-order valence-corrected chi connectivity index (χ1v) is 4.80. The number of benzene rings is 1. The molecule has 0 aliphatic carbocycles. The third-order valence-corrected chi connectivity index (χ3v) is 2.46. The predicted octanol–water partition coefficient (Wildman–Crippen LogP) is 1.76. The van der Waals surface area contributed by atoms with E-state index in [4.69, 9.17) is 9.84 Å². The standard InChI is InChI=1S/C12H14O2/c1-2-10-4-3-9(5-11(10)7-13)6-12-8-14-12/h2-5,12-13H,1,6-8H2. The second-order valence-corrected chi connectivity index (χ2v) is 3.55. The van der Waals surface area contributed by atoms with Gasteiger partial charge in [0.25, 0.3) is 0 Å². The van der Waals surface area contributed by atoms with Crippen molar-refractivity contribution in [1.82, 2.24) is 0 Å². The van der Waals surface area contributed by atoms with Crippen LogP contribution in [-0.4, -0.2) is 17.8 Å². The fourth-order valence-corrected chi connectivity index (χ4v) is 1.57. The molecule has 1 atom stereocenters. The monoisotopic (exact) mass is 190 g/mol. The Labute approximate surface area is 83.8 Å². The predicted molar refractivity (Wildman–Crippen MR) is 55.9 cm³/mol. The molecule has 0 aromatic heterocycles. The van der Waals surface area contributed by atoms with Gasteiger partial charge in [0, 0.05) is 6.42 Å². The fourth-order valence-electron chi connectivity index (χ4n) is 1.57. The van der Waals surface area contributed by atoms with Gasteiger partial charge in [-0.3, -0.25) is 0 Å². The average molecular weight is 190 g/mol. The highest BCUT2D eigenvalue weighted by atomic mass is 16.6. The van der Waals surface area contributed by atoms with Crippen LogP contribution in [0, 0.1) is 0 Å². The second kappa shape index (κ2) is 3.95. The van der Waals surface area contributed by atoms with Crippen molar-refractivity contribution in [1.29, 1.82) is 0 Å². The first-order valence-electron chi connectivity index (χ1n) is 4.80. The van der Waals surface area contributed by atoms with Crippen molar-refractivity contribution >= 4 is 6.08 Å². The zero-order valence-corrected chi connectivity index (χ0v) is 8.07. The van der Waals surface area contributed by atoms with Crippen LogP contribution in [-0.2, 0) is 17.8 Å². The quantitative estimate of drug-likeness (QED) is 0.734. The fraction of sp³-hybridized carbons (Fsp3) is 0.333. The molecule has 1 aromatic carbocycles. The van der Waals surface area contributed by atoms with Crippen molar-refractivity contribution in [3.8, 4) is 0 Å². The zero-order valence-electron chi connectivity index (χ0n) is 8.07. The Morgan fingerprint density at radius 1 is 1.57 bits per heavy atom. The summed E-state index contributed by atoms with van der Waals surface area (Å²) in [6.07, 6.45) is 3.11. The minimum absolute atomic E-state index is 0.0702. The molecule has 2 nitrogen and oxygen atoms in total. The van der Waals surface area contributed by atoms with Crippen LogP contribution in [0.4, 0.5) is 0 Å². The van der Waals surface area contributed by atoms with Gasteiger partial charge in [-0.05, 0) is 16.7 Å². The van der Waals surface area contributed by atoms with Crippen LogP contribution in [0.2, 0.25) is 0 Å². The summed E-state index contributed by atoms with van der Waals surface area (Å²) in [6, 6.07) is 6.09. The molecule has 1 fully saturated rings. The molecule has 0 radical (unpaired) electrons. The van der Waals surface area contributed by atoms with Crippen molar-refractivity contribution in [2.45, 2.75) is 19.1 Å². The molecule has 1 N–H and O–H groups in total. The topological polar surface area (TPSA) is 32.8 Å². The maximum atomic E-state index is 9.14. The van der Waals surface area contributed by atoms with Crippen LogP contribution in [0.15, 0.2) is 24.8 Å². The van der Waals surface area contributed by atoms with Gasteiger partial charge in [0.1, 0.15) is 0 Å². The summed E-state index contributed by atoms with van der Waals surface area (Å²) in [4.78, 5) is 0. The van der Waals surface area contributed by atoms with E-state index in [2.05, 4.69) is 12.6 Å². The Balaban J connectivity index is 2.20. The van der Waals surface area contributed by atoms with Gasteiger partial charge in [0.15, 0.2) is 0 Å². The molecule has 1 aromatic rings.